The van der Waals surface area contributed by atoms with E-state index in [1.165, 1.54) is 24.6 Å². The van der Waals surface area contributed by atoms with E-state index in [1.54, 1.807) is 6.07 Å². The molecule has 3 aliphatic rings. The second-order valence-electron chi connectivity index (χ2n) is 10.3. The van der Waals surface area contributed by atoms with Crippen LogP contribution in [0.3, 0.4) is 0 Å². The molecule has 2 bridgehead atoms. The van der Waals surface area contributed by atoms with E-state index in [0.29, 0.717) is 41.1 Å². The van der Waals surface area contributed by atoms with Crippen molar-refractivity contribution in [2.45, 2.75) is 43.7 Å². The number of anilines is 4. The highest BCUT2D eigenvalue weighted by atomic mass is 19.1. The summed E-state index contributed by atoms with van der Waals surface area (Å²) in [5, 5.41) is 4.14. The predicted octanol–water partition coefficient (Wildman–Crippen LogP) is 4.44. The number of hydrogen-bond donors (Lipinski definition) is 2. The first-order chi connectivity index (χ1) is 17.5. The van der Waals surface area contributed by atoms with Gasteiger partial charge in [-0.15, -0.1) is 0 Å². The van der Waals surface area contributed by atoms with Crippen molar-refractivity contribution in [1.29, 1.82) is 0 Å². The minimum absolute atomic E-state index is 0.228. The number of halogens is 1. The fraction of sp³-hybridized carbons (Fsp3) is 0.370. The molecule has 36 heavy (non-hydrogen) atoms. The number of nitrogens with two attached hydrogens (primary N) is 1. The molecule has 4 aromatic rings. The summed E-state index contributed by atoms with van der Waals surface area (Å²) in [7, 11) is 2.19. The van der Waals surface area contributed by atoms with Crippen LogP contribution >= 0.6 is 0 Å². The molecule has 1 aliphatic carbocycles. The summed E-state index contributed by atoms with van der Waals surface area (Å²) in [6.07, 6.45) is 6.49. The topological polar surface area (TPSA) is 88.1 Å². The van der Waals surface area contributed by atoms with Crippen LogP contribution in [0.15, 0.2) is 48.7 Å². The van der Waals surface area contributed by atoms with Crippen molar-refractivity contribution in [3.8, 4) is 5.82 Å². The van der Waals surface area contributed by atoms with E-state index in [-0.39, 0.29) is 5.82 Å². The first kappa shape index (κ1) is 21.6. The molecular weight excluding hydrogens is 455 g/mol. The molecule has 2 aliphatic heterocycles. The lowest BCUT2D eigenvalue weighted by Crippen LogP contribution is -2.52. The maximum atomic E-state index is 15.2. The van der Waals surface area contributed by atoms with E-state index in [4.69, 9.17) is 10.7 Å². The van der Waals surface area contributed by atoms with E-state index in [0.717, 1.165) is 42.8 Å². The molecule has 9 heteroatoms. The Hall–Kier alpha value is -3.72. The second kappa shape index (κ2) is 8.16. The number of rotatable bonds is 5. The molecular formula is C27H29FN8. The van der Waals surface area contributed by atoms with Gasteiger partial charge in [-0.1, -0.05) is 6.07 Å². The van der Waals surface area contributed by atoms with Gasteiger partial charge in [-0.3, -0.25) is 9.47 Å². The second-order valence-corrected chi connectivity index (χ2v) is 10.3. The van der Waals surface area contributed by atoms with Gasteiger partial charge in [-0.2, -0.15) is 4.98 Å². The highest BCUT2D eigenvalue weighted by molar-refractivity contribution is 5.80. The molecule has 8 nitrogen and oxygen atoms in total. The van der Waals surface area contributed by atoms with Crippen LogP contribution in [-0.2, 0) is 0 Å². The minimum Gasteiger partial charge on any atom is -0.384 e. The molecule has 7 rings (SSSR count). The first-order valence-electron chi connectivity index (χ1n) is 12.7. The summed E-state index contributed by atoms with van der Waals surface area (Å²) < 4.78 is 17.3. The zero-order valence-corrected chi connectivity index (χ0v) is 20.2. The van der Waals surface area contributed by atoms with Gasteiger partial charge in [-0.25, -0.2) is 14.4 Å². The number of aromatic nitrogens is 4. The monoisotopic (exact) mass is 484 g/mol. The van der Waals surface area contributed by atoms with Crippen LogP contribution in [0.5, 0.6) is 0 Å². The van der Waals surface area contributed by atoms with Crippen LogP contribution in [0, 0.1) is 5.82 Å². The summed E-state index contributed by atoms with van der Waals surface area (Å²) in [6, 6.07) is 14.1. The molecule has 3 fully saturated rings. The standard InChI is InChI=1S/C27H29FN8/c1-34-19-8-9-20(34)15-35(14-19)22-10-7-18(12-21(22)28)31-27-30-13-17-11-23(16-5-6-16)36(26(17)33-27)25-4-2-3-24(29)32-25/h2-4,7,10-13,16,19-20H,5-6,8-9,14-15H2,1H3,(H2,29,32)(H,30,31,33). The predicted molar refractivity (Wildman–Crippen MR) is 140 cm³/mol. The van der Waals surface area contributed by atoms with Crippen LogP contribution in [0.1, 0.15) is 37.3 Å². The summed E-state index contributed by atoms with van der Waals surface area (Å²) in [5.74, 6) is 1.89. The SMILES string of the molecule is CN1C2CCC1CN(c1ccc(Nc3ncc4cc(C5CC5)n(-c5cccc(N)n5)c4n3)cc1F)C2. The molecule has 0 radical (unpaired) electrons. The number of hydrogen-bond acceptors (Lipinski definition) is 7. The Labute approximate surface area is 209 Å². The maximum Gasteiger partial charge on any atom is 0.229 e. The number of fused-ring (bicyclic) bond motifs is 3. The van der Waals surface area contributed by atoms with Crippen molar-refractivity contribution >= 4 is 34.2 Å². The molecule has 184 valence electrons. The maximum absolute atomic E-state index is 15.2. The number of nitrogens with zero attached hydrogens (tertiary/aromatic N) is 6. The number of nitrogens with one attached hydrogen (secondary N) is 1. The van der Waals surface area contributed by atoms with Gasteiger partial charge in [0.25, 0.3) is 0 Å². The molecule has 2 atom stereocenters. The van der Waals surface area contributed by atoms with Crippen molar-refractivity contribution < 1.29 is 4.39 Å². The van der Waals surface area contributed by atoms with E-state index >= 15 is 4.39 Å². The third-order valence-electron chi connectivity index (χ3n) is 7.94. The molecule has 5 heterocycles. The van der Waals surface area contributed by atoms with Crippen molar-refractivity contribution in [2.75, 3.05) is 36.1 Å². The third kappa shape index (κ3) is 3.65. The van der Waals surface area contributed by atoms with Crippen molar-refractivity contribution in [1.82, 2.24) is 24.4 Å². The van der Waals surface area contributed by atoms with Gasteiger partial charge in [0.05, 0.1) is 5.69 Å². The molecule has 2 unspecified atom stereocenters. The summed E-state index contributed by atoms with van der Waals surface area (Å²) in [5.41, 5.74) is 9.20. The summed E-state index contributed by atoms with van der Waals surface area (Å²) >= 11 is 0. The minimum atomic E-state index is -0.228. The van der Waals surface area contributed by atoms with Crippen molar-refractivity contribution in [3.05, 3.63) is 60.2 Å². The van der Waals surface area contributed by atoms with Gasteiger partial charge in [0.15, 0.2) is 5.65 Å². The molecule has 3 aromatic heterocycles. The number of benzene rings is 1. The van der Waals surface area contributed by atoms with Gasteiger partial charge >= 0.3 is 0 Å². The molecule has 1 saturated carbocycles. The van der Waals surface area contributed by atoms with Crippen molar-refractivity contribution in [3.63, 3.8) is 0 Å². The van der Waals surface area contributed by atoms with E-state index in [2.05, 4.69) is 42.8 Å². The highest BCUT2D eigenvalue weighted by Crippen LogP contribution is 2.43. The van der Waals surface area contributed by atoms with Gasteiger partial charge in [0.2, 0.25) is 5.95 Å². The Bertz CT molecular complexity index is 1450. The highest BCUT2D eigenvalue weighted by Gasteiger charge is 2.38. The summed E-state index contributed by atoms with van der Waals surface area (Å²) in [4.78, 5) is 18.5. The molecule has 3 N–H and O–H groups in total. The quantitative estimate of drug-likeness (QED) is 0.433. The lowest BCUT2D eigenvalue weighted by atomic mass is 10.1. The van der Waals surface area contributed by atoms with Crippen LogP contribution in [0.4, 0.5) is 27.5 Å². The van der Waals surface area contributed by atoms with Crippen LogP contribution in [0.2, 0.25) is 0 Å². The fourth-order valence-electron chi connectivity index (χ4n) is 5.83. The Balaban J connectivity index is 1.19. The Morgan fingerprint density at radius 2 is 1.81 bits per heavy atom. The number of nitrogen functional groups attached to an aromatic ring is 1. The average Bonchev–Trinajstić information content (AvgIpc) is 3.61. The third-order valence-corrected chi connectivity index (χ3v) is 7.94. The van der Waals surface area contributed by atoms with E-state index < -0.39 is 0 Å². The molecule has 0 amide bonds. The van der Waals surface area contributed by atoms with E-state index in [9.17, 15) is 0 Å². The lowest BCUT2D eigenvalue weighted by molar-refractivity contribution is 0.212. The van der Waals surface area contributed by atoms with E-state index in [1.807, 2.05) is 30.5 Å². The Kier molecular flexibility index (Phi) is 4.89. The van der Waals surface area contributed by atoms with Gasteiger partial charge in [0, 0.05) is 48.1 Å². The molecule has 0 spiro atoms. The average molecular weight is 485 g/mol. The largest absolute Gasteiger partial charge is 0.384 e. The van der Waals surface area contributed by atoms with Crippen LogP contribution < -0.4 is 16.0 Å². The smallest absolute Gasteiger partial charge is 0.229 e. The molecule has 2 saturated heterocycles. The summed E-state index contributed by atoms with van der Waals surface area (Å²) in [6.45, 7) is 1.74. The number of piperazine rings is 1. The van der Waals surface area contributed by atoms with Gasteiger partial charge in [0.1, 0.15) is 17.5 Å². The van der Waals surface area contributed by atoms with Crippen LogP contribution in [0.25, 0.3) is 16.9 Å². The first-order valence-corrected chi connectivity index (χ1v) is 12.7. The Morgan fingerprint density at radius 1 is 1.00 bits per heavy atom. The van der Waals surface area contributed by atoms with Crippen molar-refractivity contribution in [2.24, 2.45) is 0 Å². The van der Waals surface area contributed by atoms with Gasteiger partial charge in [-0.05, 0) is 75.0 Å². The van der Waals surface area contributed by atoms with Crippen LogP contribution in [-0.4, -0.2) is 56.6 Å². The number of likely N-dealkylation sites (N-methyl/N-ethyl adjacent to an activating group) is 1. The zero-order chi connectivity index (χ0) is 24.4. The Morgan fingerprint density at radius 3 is 2.53 bits per heavy atom. The normalized spacial score (nSPS) is 21.9. The number of pyridine rings is 1. The van der Waals surface area contributed by atoms with Gasteiger partial charge < -0.3 is 16.0 Å². The zero-order valence-electron chi connectivity index (χ0n) is 20.2. The molecule has 1 aromatic carbocycles. The lowest BCUT2D eigenvalue weighted by Gasteiger charge is -2.40. The fourth-order valence-corrected chi connectivity index (χ4v) is 5.83.